The molecule has 1 saturated heterocycles. The van der Waals surface area contributed by atoms with Gasteiger partial charge in [-0.05, 0) is 75.0 Å². The zero-order chi connectivity index (χ0) is 30.1. The molecule has 2 aromatic carbocycles. The molecule has 1 fully saturated rings. The Kier molecular flexibility index (Phi) is 7.59. The highest BCUT2D eigenvalue weighted by atomic mass is 16.5. The van der Waals surface area contributed by atoms with Gasteiger partial charge in [-0.3, -0.25) is 4.79 Å². The van der Waals surface area contributed by atoms with Crippen molar-refractivity contribution in [2.45, 2.75) is 26.0 Å². The summed E-state index contributed by atoms with van der Waals surface area (Å²) in [6.07, 6.45) is 1.55. The molecule has 1 aliphatic rings. The van der Waals surface area contributed by atoms with Crippen molar-refractivity contribution < 1.29 is 9.84 Å². The SMILES string of the molecule is COc1ccc(Cn2c(=O)c3cnc(Nc4ccc(N5CCN(C)CC5)cc4)nc3n2-c2cccc(C(C)(C)O)n2)cc1. The summed E-state index contributed by atoms with van der Waals surface area (Å²) < 4.78 is 8.58. The summed E-state index contributed by atoms with van der Waals surface area (Å²) in [5.74, 6) is 1.55. The number of ether oxygens (including phenoxy) is 1. The Morgan fingerprint density at radius 2 is 1.67 bits per heavy atom. The first-order valence-electron chi connectivity index (χ1n) is 14.3. The summed E-state index contributed by atoms with van der Waals surface area (Å²) in [7, 11) is 3.76. The van der Waals surface area contributed by atoms with Crippen LogP contribution in [0.5, 0.6) is 5.75 Å². The minimum Gasteiger partial charge on any atom is -0.497 e. The number of nitrogens with zero attached hydrogens (tertiary/aromatic N) is 7. The lowest BCUT2D eigenvalue weighted by Gasteiger charge is -2.34. The lowest BCUT2D eigenvalue weighted by Crippen LogP contribution is -2.44. The second kappa shape index (κ2) is 11.5. The van der Waals surface area contributed by atoms with Crippen molar-refractivity contribution in [2.75, 3.05) is 50.6 Å². The Morgan fingerprint density at radius 3 is 2.35 bits per heavy atom. The Morgan fingerprint density at radius 1 is 0.953 bits per heavy atom. The van der Waals surface area contributed by atoms with E-state index in [1.807, 2.05) is 42.5 Å². The van der Waals surface area contributed by atoms with Crippen molar-refractivity contribution in [3.05, 3.63) is 94.5 Å². The zero-order valence-electron chi connectivity index (χ0n) is 24.9. The Balaban J connectivity index is 1.38. The predicted molar refractivity (Wildman–Crippen MR) is 168 cm³/mol. The van der Waals surface area contributed by atoms with Crippen LogP contribution in [0.3, 0.4) is 0 Å². The van der Waals surface area contributed by atoms with E-state index >= 15 is 0 Å². The molecule has 222 valence electrons. The number of aliphatic hydroxyl groups is 1. The highest BCUT2D eigenvalue weighted by molar-refractivity contribution is 5.77. The van der Waals surface area contributed by atoms with Crippen LogP contribution >= 0.6 is 0 Å². The molecular formula is C32H36N8O3. The van der Waals surface area contributed by atoms with Crippen LogP contribution in [-0.4, -0.2) is 74.7 Å². The molecule has 3 aromatic heterocycles. The Labute approximate surface area is 250 Å². The van der Waals surface area contributed by atoms with Crippen LogP contribution in [0.1, 0.15) is 25.1 Å². The number of hydrogen-bond acceptors (Lipinski definition) is 9. The summed E-state index contributed by atoms with van der Waals surface area (Å²) in [6, 6.07) is 21.1. The first-order valence-corrected chi connectivity index (χ1v) is 14.3. The van der Waals surface area contributed by atoms with Crippen molar-refractivity contribution in [3.63, 3.8) is 0 Å². The largest absolute Gasteiger partial charge is 0.497 e. The fourth-order valence-corrected chi connectivity index (χ4v) is 5.20. The number of pyridine rings is 1. The maximum atomic E-state index is 13.7. The number of piperazine rings is 1. The summed E-state index contributed by atoms with van der Waals surface area (Å²) >= 11 is 0. The first-order chi connectivity index (χ1) is 20.7. The van der Waals surface area contributed by atoms with E-state index in [-0.39, 0.29) is 12.1 Å². The van der Waals surface area contributed by atoms with E-state index in [2.05, 4.69) is 39.3 Å². The number of aromatic nitrogens is 5. The Bertz CT molecular complexity index is 1780. The quantitative estimate of drug-likeness (QED) is 0.283. The lowest BCUT2D eigenvalue weighted by atomic mass is 10.1. The van der Waals surface area contributed by atoms with Gasteiger partial charge in [-0.1, -0.05) is 18.2 Å². The number of nitrogens with one attached hydrogen (secondary N) is 1. The molecule has 2 N–H and O–H groups in total. The van der Waals surface area contributed by atoms with Crippen molar-refractivity contribution >= 4 is 28.4 Å². The first kappa shape index (κ1) is 28.4. The average molecular weight is 581 g/mol. The van der Waals surface area contributed by atoms with Gasteiger partial charge in [0, 0.05) is 43.8 Å². The maximum absolute atomic E-state index is 13.7. The number of methoxy groups -OCH3 is 1. The van der Waals surface area contributed by atoms with Gasteiger partial charge in [-0.2, -0.15) is 4.98 Å². The second-order valence-corrected chi connectivity index (χ2v) is 11.4. The fraction of sp³-hybridized carbons (Fsp3) is 0.312. The molecule has 1 aliphatic heterocycles. The van der Waals surface area contributed by atoms with Gasteiger partial charge < -0.3 is 25.0 Å². The molecule has 0 spiro atoms. The van der Waals surface area contributed by atoms with Crippen molar-refractivity contribution in [3.8, 4) is 11.6 Å². The van der Waals surface area contributed by atoms with Gasteiger partial charge in [0.05, 0.1) is 19.3 Å². The molecule has 4 heterocycles. The highest BCUT2D eigenvalue weighted by Crippen LogP contribution is 2.24. The molecule has 0 amide bonds. The van der Waals surface area contributed by atoms with E-state index in [9.17, 15) is 9.90 Å². The van der Waals surface area contributed by atoms with E-state index < -0.39 is 5.60 Å². The minimum absolute atomic E-state index is 0.246. The fourth-order valence-electron chi connectivity index (χ4n) is 5.20. The van der Waals surface area contributed by atoms with Gasteiger partial charge in [-0.15, -0.1) is 0 Å². The van der Waals surface area contributed by atoms with Crippen LogP contribution in [0.4, 0.5) is 17.3 Å². The molecule has 0 radical (unpaired) electrons. The normalized spacial score (nSPS) is 14.3. The number of likely N-dealkylation sites (N-methyl/N-ethyl adjacent to an activating group) is 1. The van der Waals surface area contributed by atoms with Crippen LogP contribution in [0.15, 0.2) is 77.7 Å². The van der Waals surface area contributed by atoms with Crippen LogP contribution < -0.4 is 20.5 Å². The van der Waals surface area contributed by atoms with E-state index in [0.29, 0.717) is 28.5 Å². The average Bonchev–Trinajstić information content (AvgIpc) is 3.28. The van der Waals surface area contributed by atoms with E-state index in [4.69, 9.17) is 14.7 Å². The molecule has 43 heavy (non-hydrogen) atoms. The summed E-state index contributed by atoms with van der Waals surface area (Å²) in [6.45, 7) is 7.70. The van der Waals surface area contributed by atoms with Crippen molar-refractivity contribution in [1.82, 2.24) is 29.2 Å². The zero-order valence-corrected chi connectivity index (χ0v) is 24.9. The monoisotopic (exact) mass is 580 g/mol. The molecule has 0 atom stereocenters. The van der Waals surface area contributed by atoms with E-state index in [0.717, 1.165) is 43.2 Å². The van der Waals surface area contributed by atoms with Crippen LogP contribution in [-0.2, 0) is 12.1 Å². The number of anilines is 3. The molecule has 0 aliphatic carbocycles. The van der Waals surface area contributed by atoms with Gasteiger partial charge in [0.1, 0.15) is 16.7 Å². The molecule has 0 bridgehead atoms. The number of rotatable bonds is 8. The summed E-state index contributed by atoms with van der Waals surface area (Å²) in [5.41, 5.74) is 2.39. The summed E-state index contributed by atoms with van der Waals surface area (Å²) in [4.78, 5) is 32.4. The van der Waals surface area contributed by atoms with E-state index in [1.54, 1.807) is 48.7 Å². The smallest absolute Gasteiger partial charge is 0.278 e. The molecule has 5 aromatic rings. The van der Waals surface area contributed by atoms with Crippen LogP contribution in [0.2, 0.25) is 0 Å². The molecule has 6 rings (SSSR count). The minimum atomic E-state index is -1.17. The summed E-state index contributed by atoms with van der Waals surface area (Å²) in [5, 5.41) is 14.3. The third-order valence-electron chi connectivity index (χ3n) is 7.74. The van der Waals surface area contributed by atoms with Gasteiger partial charge in [-0.25, -0.2) is 19.3 Å². The van der Waals surface area contributed by atoms with Gasteiger partial charge >= 0.3 is 0 Å². The van der Waals surface area contributed by atoms with Crippen LogP contribution in [0.25, 0.3) is 16.9 Å². The maximum Gasteiger partial charge on any atom is 0.278 e. The van der Waals surface area contributed by atoms with Gasteiger partial charge in [0.15, 0.2) is 11.5 Å². The topological polar surface area (TPSA) is 114 Å². The van der Waals surface area contributed by atoms with E-state index in [1.165, 1.54) is 5.69 Å². The molecule has 11 nitrogen and oxygen atoms in total. The molecule has 11 heteroatoms. The molecule has 0 saturated carbocycles. The third-order valence-corrected chi connectivity index (χ3v) is 7.74. The van der Waals surface area contributed by atoms with Gasteiger partial charge in [0.25, 0.3) is 5.56 Å². The highest BCUT2D eigenvalue weighted by Gasteiger charge is 2.22. The molecular weight excluding hydrogens is 544 g/mol. The standard InChI is InChI=1S/C32H36N8O3/c1-32(2,42)27-6-5-7-28(35-27)40-29-26(30(41)39(40)21-22-8-14-25(43-4)15-9-22)20-33-31(36-29)34-23-10-12-24(13-11-23)38-18-16-37(3)17-19-38/h5-15,20,42H,16-19,21H2,1-4H3,(H,33,34,36). The predicted octanol–water partition coefficient (Wildman–Crippen LogP) is 3.76. The van der Waals surface area contributed by atoms with Crippen molar-refractivity contribution in [1.29, 1.82) is 0 Å². The lowest BCUT2D eigenvalue weighted by molar-refractivity contribution is 0.0738. The van der Waals surface area contributed by atoms with Crippen molar-refractivity contribution in [2.24, 2.45) is 0 Å². The number of hydrogen-bond donors (Lipinski definition) is 2. The Hall–Kier alpha value is -4.74. The van der Waals surface area contributed by atoms with Gasteiger partial charge in [0.2, 0.25) is 5.95 Å². The second-order valence-electron chi connectivity index (χ2n) is 11.4. The van der Waals surface area contributed by atoms with Crippen LogP contribution in [0, 0.1) is 0 Å². The third kappa shape index (κ3) is 5.95. The number of benzene rings is 2. The number of fused-ring (bicyclic) bond motifs is 1. The molecule has 0 unspecified atom stereocenters.